The number of H-pyrrole nitrogens is 1. The van der Waals surface area contributed by atoms with Crippen molar-refractivity contribution in [3.8, 4) is 0 Å². The van der Waals surface area contributed by atoms with E-state index in [4.69, 9.17) is 0 Å². The van der Waals surface area contributed by atoms with Crippen LogP contribution in [-0.2, 0) is 0 Å². The van der Waals surface area contributed by atoms with Crippen LogP contribution in [0.5, 0.6) is 0 Å². The summed E-state index contributed by atoms with van der Waals surface area (Å²) in [5.74, 6) is 0.838. The maximum Gasteiger partial charge on any atom is 0.187 e. The van der Waals surface area contributed by atoms with Crippen LogP contribution in [0.3, 0.4) is 0 Å². The molecule has 0 aliphatic rings. The molecule has 0 aromatic carbocycles. The zero-order valence-corrected chi connectivity index (χ0v) is 11.3. The molecule has 2 aromatic rings. The summed E-state index contributed by atoms with van der Waals surface area (Å²) in [4.78, 5) is 10.4. The molecule has 0 atom stereocenters. The van der Waals surface area contributed by atoms with Gasteiger partial charge in [-0.1, -0.05) is 0 Å². The van der Waals surface area contributed by atoms with E-state index in [0.717, 1.165) is 28.0 Å². The number of aromatic nitrogens is 4. The second-order valence-electron chi connectivity index (χ2n) is 3.69. The van der Waals surface area contributed by atoms with Crippen molar-refractivity contribution in [3.05, 3.63) is 10.0 Å². The second-order valence-corrected chi connectivity index (χ2v) is 4.77. The normalized spacial score (nSPS) is 11.2. The molecule has 0 unspecified atom stereocenters. The number of fused-ring (bicyclic) bond motifs is 1. The van der Waals surface area contributed by atoms with Crippen molar-refractivity contribution in [2.24, 2.45) is 0 Å². The molecular weight excluding hydrogens is 319 g/mol. The Morgan fingerprint density at radius 1 is 1.44 bits per heavy atom. The van der Waals surface area contributed by atoms with Crippen molar-refractivity contribution in [1.82, 2.24) is 25.1 Å². The molecule has 0 fully saturated rings. The van der Waals surface area contributed by atoms with Crippen LogP contribution < -0.4 is 5.32 Å². The highest BCUT2D eigenvalue weighted by molar-refractivity contribution is 14.1. The van der Waals surface area contributed by atoms with Crippen LogP contribution in [-0.4, -0.2) is 52.3 Å². The van der Waals surface area contributed by atoms with Crippen molar-refractivity contribution in [1.29, 1.82) is 0 Å². The summed E-state index contributed by atoms with van der Waals surface area (Å²) in [5.41, 5.74) is 0.701. The highest BCUT2D eigenvalue weighted by Crippen LogP contribution is 2.21. The lowest BCUT2D eigenvalue weighted by molar-refractivity contribution is 0.425. The van der Waals surface area contributed by atoms with Gasteiger partial charge in [-0.25, -0.2) is 9.97 Å². The molecule has 16 heavy (non-hydrogen) atoms. The van der Waals surface area contributed by atoms with Crippen LogP contribution in [0, 0.1) is 3.70 Å². The number of nitrogens with one attached hydrogen (secondary N) is 2. The number of halogens is 1. The van der Waals surface area contributed by atoms with E-state index in [2.05, 4.69) is 53.0 Å². The van der Waals surface area contributed by atoms with Crippen molar-refractivity contribution in [2.45, 2.75) is 0 Å². The quantitative estimate of drug-likeness (QED) is 0.816. The van der Waals surface area contributed by atoms with Gasteiger partial charge in [0, 0.05) is 13.1 Å². The van der Waals surface area contributed by atoms with Crippen LogP contribution in [0.2, 0.25) is 0 Å². The van der Waals surface area contributed by atoms with E-state index in [0.29, 0.717) is 5.65 Å². The smallest absolute Gasteiger partial charge is 0.187 e. The first-order valence-electron chi connectivity index (χ1n) is 4.91. The molecule has 86 valence electrons. The van der Waals surface area contributed by atoms with Crippen molar-refractivity contribution in [2.75, 3.05) is 32.5 Å². The molecule has 6 nitrogen and oxygen atoms in total. The topological polar surface area (TPSA) is 69.7 Å². The Hall–Kier alpha value is -0.960. The molecule has 0 saturated heterocycles. The van der Waals surface area contributed by atoms with Gasteiger partial charge in [0.25, 0.3) is 0 Å². The Morgan fingerprint density at radius 2 is 2.25 bits per heavy atom. The molecule has 2 heterocycles. The van der Waals surface area contributed by atoms with Crippen molar-refractivity contribution >= 4 is 39.4 Å². The monoisotopic (exact) mass is 332 g/mol. The van der Waals surface area contributed by atoms with E-state index < -0.39 is 0 Å². The average Bonchev–Trinajstić information content (AvgIpc) is 2.61. The minimum absolute atomic E-state index is 0.701. The lowest BCUT2D eigenvalue weighted by Gasteiger charge is -2.10. The Bertz CT molecular complexity index is 480. The minimum Gasteiger partial charge on any atom is -0.368 e. The maximum atomic E-state index is 4.23. The Labute approximate surface area is 107 Å². The fourth-order valence-electron chi connectivity index (χ4n) is 1.35. The molecule has 0 aliphatic carbocycles. The summed E-state index contributed by atoms with van der Waals surface area (Å²) in [7, 11) is 4.08. The van der Waals surface area contributed by atoms with Gasteiger partial charge in [0.1, 0.15) is 15.8 Å². The highest BCUT2D eigenvalue weighted by atomic mass is 127. The summed E-state index contributed by atoms with van der Waals surface area (Å²) in [6.45, 7) is 1.81. The van der Waals surface area contributed by atoms with Crippen LogP contribution in [0.1, 0.15) is 0 Å². The predicted molar refractivity (Wildman–Crippen MR) is 71.4 cm³/mol. The van der Waals surface area contributed by atoms with Gasteiger partial charge in [-0.3, -0.25) is 5.10 Å². The van der Waals surface area contributed by atoms with E-state index in [-0.39, 0.29) is 0 Å². The molecule has 0 radical (unpaired) electrons. The summed E-state index contributed by atoms with van der Waals surface area (Å²) in [6.07, 6.45) is 1.53. The summed E-state index contributed by atoms with van der Waals surface area (Å²) in [6, 6.07) is 0. The zero-order valence-electron chi connectivity index (χ0n) is 9.16. The van der Waals surface area contributed by atoms with Gasteiger partial charge in [-0.15, -0.1) is 0 Å². The van der Waals surface area contributed by atoms with Crippen LogP contribution in [0.4, 0.5) is 5.82 Å². The first-order valence-corrected chi connectivity index (χ1v) is 5.99. The van der Waals surface area contributed by atoms with Crippen LogP contribution >= 0.6 is 22.6 Å². The third-order valence-electron chi connectivity index (χ3n) is 2.16. The lowest BCUT2D eigenvalue weighted by atomic mass is 10.4. The van der Waals surface area contributed by atoms with E-state index in [1.54, 1.807) is 0 Å². The number of aromatic amines is 1. The SMILES string of the molecule is CN(C)CCNc1ncnc2n[nH]c(I)c12. The van der Waals surface area contributed by atoms with Crippen molar-refractivity contribution < 1.29 is 0 Å². The van der Waals surface area contributed by atoms with Gasteiger partial charge in [0.15, 0.2) is 5.65 Å². The third kappa shape index (κ3) is 2.40. The third-order valence-corrected chi connectivity index (χ3v) is 2.94. The van der Waals surface area contributed by atoms with Gasteiger partial charge < -0.3 is 10.2 Å². The molecule has 2 aromatic heterocycles. The number of hydrogen-bond acceptors (Lipinski definition) is 5. The van der Waals surface area contributed by atoms with Crippen LogP contribution in [0.25, 0.3) is 11.0 Å². The second kappa shape index (κ2) is 4.91. The Balaban J connectivity index is 2.20. The Kier molecular flexibility index (Phi) is 3.54. The standard InChI is InChI=1S/C9H13IN6/c1-16(2)4-3-11-8-6-7(10)14-15-9(6)13-5-12-8/h5H,3-4H2,1-2H3,(H2,11,12,13,14,15). The van der Waals surface area contributed by atoms with Crippen LogP contribution in [0.15, 0.2) is 6.33 Å². The number of nitrogens with zero attached hydrogens (tertiary/aromatic N) is 4. The molecule has 0 aliphatic heterocycles. The van der Waals surface area contributed by atoms with Crippen molar-refractivity contribution in [3.63, 3.8) is 0 Å². The molecule has 7 heteroatoms. The number of rotatable bonds is 4. The molecule has 2 N–H and O–H groups in total. The van der Waals surface area contributed by atoms with Gasteiger partial charge in [-0.05, 0) is 36.7 Å². The number of likely N-dealkylation sites (N-methyl/N-ethyl adjacent to an activating group) is 1. The van der Waals surface area contributed by atoms with E-state index in [1.165, 1.54) is 6.33 Å². The summed E-state index contributed by atoms with van der Waals surface area (Å²) < 4.78 is 0.959. The fourth-order valence-corrected chi connectivity index (χ4v) is 1.97. The largest absolute Gasteiger partial charge is 0.368 e. The molecule has 0 saturated carbocycles. The number of anilines is 1. The first-order chi connectivity index (χ1) is 7.68. The fraction of sp³-hybridized carbons (Fsp3) is 0.444. The van der Waals surface area contributed by atoms with Gasteiger partial charge in [0.2, 0.25) is 0 Å². The summed E-state index contributed by atoms with van der Waals surface area (Å²) in [5, 5.41) is 11.2. The van der Waals surface area contributed by atoms with Gasteiger partial charge in [0.05, 0.1) is 5.39 Å². The molecular formula is C9H13IN6. The minimum atomic E-state index is 0.701. The van der Waals surface area contributed by atoms with Gasteiger partial charge >= 0.3 is 0 Å². The number of hydrogen-bond donors (Lipinski definition) is 2. The molecule has 0 amide bonds. The van der Waals surface area contributed by atoms with E-state index in [9.17, 15) is 0 Å². The summed E-state index contributed by atoms with van der Waals surface area (Å²) >= 11 is 2.20. The first kappa shape index (κ1) is 11.5. The molecule has 0 bridgehead atoms. The highest BCUT2D eigenvalue weighted by Gasteiger charge is 2.09. The predicted octanol–water partition coefficient (Wildman–Crippen LogP) is 0.931. The Morgan fingerprint density at radius 3 is 3.00 bits per heavy atom. The van der Waals surface area contributed by atoms with Gasteiger partial charge in [-0.2, -0.15) is 5.10 Å². The van der Waals surface area contributed by atoms with E-state index in [1.807, 2.05) is 14.1 Å². The zero-order chi connectivity index (χ0) is 11.5. The maximum absolute atomic E-state index is 4.23. The lowest BCUT2D eigenvalue weighted by Crippen LogP contribution is -2.21. The molecule has 0 spiro atoms. The average molecular weight is 332 g/mol. The molecule has 2 rings (SSSR count). The van der Waals surface area contributed by atoms with E-state index >= 15 is 0 Å².